The van der Waals surface area contributed by atoms with Crippen molar-refractivity contribution in [1.29, 1.82) is 0 Å². The second-order valence-corrected chi connectivity index (χ2v) is 6.34. The number of hydrogen-bond donors (Lipinski definition) is 2. The van der Waals surface area contributed by atoms with Gasteiger partial charge in [-0.05, 0) is 38.7 Å². The van der Waals surface area contributed by atoms with Gasteiger partial charge in [0.25, 0.3) is 5.91 Å². The van der Waals surface area contributed by atoms with Gasteiger partial charge < -0.3 is 24.7 Å². The molecule has 0 saturated carbocycles. The van der Waals surface area contributed by atoms with Crippen LogP contribution in [0.25, 0.3) is 0 Å². The fraction of sp³-hybridized carbons (Fsp3) is 0.471. The number of alkyl halides is 3. The van der Waals surface area contributed by atoms with Crippen molar-refractivity contribution in [2.75, 3.05) is 34.2 Å². The number of carbonyl (C=O) groups excluding carboxylic acids is 1. The molecule has 0 aromatic heterocycles. The quantitative estimate of drug-likeness (QED) is 0.735. The van der Waals surface area contributed by atoms with E-state index in [-0.39, 0.29) is 17.4 Å². The van der Waals surface area contributed by atoms with Crippen LogP contribution in [0.2, 0.25) is 0 Å². The number of benzene rings is 1. The number of carboxylic acids is 2. The summed E-state index contributed by atoms with van der Waals surface area (Å²) < 4.78 is 44.2. The van der Waals surface area contributed by atoms with Gasteiger partial charge in [0.1, 0.15) is 11.9 Å². The zero-order chi connectivity index (χ0) is 21.6. The SMILES string of the molecule is CN(C)CCC1CN(C)C(=O)c2cc(C(F)(F)F)ccc2O1.O=C(O)C(=O)O. The third kappa shape index (κ3) is 6.72. The molecule has 1 atom stereocenters. The number of amides is 1. The van der Waals surface area contributed by atoms with Gasteiger partial charge in [0, 0.05) is 13.6 Å². The average molecular weight is 406 g/mol. The van der Waals surface area contributed by atoms with Crippen molar-refractivity contribution in [2.45, 2.75) is 18.7 Å². The van der Waals surface area contributed by atoms with Crippen molar-refractivity contribution in [3.05, 3.63) is 29.3 Å². The summed E-state index contributed by atoms with van der Waals surface area (Å²) in [5, 5.41) is 14.8. The molecule has 0 spiro atoms. The van der Waals surface area contributed by atoms with Gasteiger partial charge in [-0.2, -0.15) is 13.2 Å². The molecular weight excluding hydrogens is 385 g/mol. The molecule has 2 N–H and O–H groups in total. The lowest BCUT2D eigenvalue weighted by Crippen LogP contribution is -2.35. The summed E-state index contributed by atoms with van der Waals surface area (Å²) in [4.78, 5) is 33.9. The summed E-state index contributed by atoms with van der Waals surface area (Å²) in [6.07, 6.45) is -4.04. The molecule has 11 heteroatoms. The van der Waals surface area contributed by atoms with Crippen molar-refractivity contribution < 1.29 is 42.5 Å². The van der Waals surface area contributed by atoms with E-state index in [0.29, 0.717) is 13.0 Å². The van der Waals surface area contributed by atoms with Crippen LogP contribution in [0.15, 0.2) is 18.2 Å². The van der Waals surface area contributed by atoms with E-state index in [4.69, 9.17) is 24.5 Å². The van der Waals surface area contributed by atoms with Crippen LogP contribution in [0.4, 0.5) is 13.2 Å². The number of aliphatic carboxylic acids is 2. The Labute approximate surface area is 159 Å². The highest BCUT2D eigenvalue weighted by Gasteiger charge is 2.34. The third-order valence-corrected chi connectivity index (χ3v) is 3.74. The summed E-state index contributed by atoms with van der Waals surface area (Å²) >= 11 is 0. The lowest BCUT2D eigenvalue weighted by molar-refractivity contribution is -0.159. The molecule has 2 rings (SSSR count). The predicted octanol–water partition coefficient (Wildman–Crippen LogP) is 1.65. The molecule has 1 heterocycles. The Kier molecular flexibility index (Phi) is 7.79. The summed E-state index contributed by atoms with van der Waals surface area (Å²) in [6.45, 7) is 1.12. The van der Waals surface area contributed by atoms with Gasteiger partial charge in [-0.25, -0.2) is 9.59 Å². The van der Waals surface area contributed by atoms with Crippen LogP contribution < -0.4 is 4.74 Å². The van der Waals surface area contributed by atoms with Gasteiger partial charge in [0.2, 0.25) is 0 Å². The molecule has 0 bridgehead atoms. The number of hydrogen-bond acceptors (Lipinski definition) is 5. The van der Waals surface area contributed by atoms with Gasteiger partial charge in [-0.15, -0.1) is 0 Å². The minimum Gasteiger partial charge on any atom is -0.488 e. The summed E-state index contributed by atoms with van der Waals surface area (Å²) in [5.74, 6) is -3.88. The van der Waals surface area contributed by atoms with Crippen LogP contribution in [-0.4, -0.2) is 78.2 Å². The number of rotatable bonds is 3. The van der Waals surface area contributed by atoms with E-state index < -0.39 is 29.6 Å². The van der Waals surface area contributed by atoms with E-state index >= 15 is 0 Å². The van der Waals surface area contributed by atoms with Gasteiger partial charge in [0.05, 0.1) is 17.7 Å². The van der Waals surface area contributed by atoms with E-state index in [1.165, 1.54) is 11.0 Å². The van der Waals surface area contributed by atoms with Crippen molar-refractivity contribution in [3.8, 4) is 5.75 Å². The first-order chi connectivity index (χ1) is 12.8. The highest BCUT2D eigenvalue weighted by Crippen LogP contribution is 2.34. The highest BCUT2D eigenvalue weighted by atomic mass is 19.4. The van der Waals surface area contributed by atoms with Gasteiger partial charge in [-0.3, -0.25) is 4.79 Å². The molecule has 8 nitrogen and oxygen atoms in total. The molecule has 1 aliphatic rings. The fourth-order valence-electron chi connectivity index (χ4n) is 2.34. The molecule has 156 valence electrons. The average Bonchev–Trinajstić information content (AvgIpc) is 2.69. The molecule has 1 unspecified atom stereocenters. The zero-order valence-corrected chi connectivity index (χ0v) is 15.5. The minimum atomic E-state index is -4.48. The molecule has 0 aliphatic carbocycles. The van der Waals surface area contributed by atoms with Crippen LogP contribution in [0.3, 0.4) is 0 Å². The van der Waals surface area contributed by atoms with Crippen LogP contribution in [0, 0.1) is 0 Å². The predicted molar refractivity (Wildman–Crippen MR) is 91.3 cm³/mol. The summed E-state index contributed by atoms with van der Waals surface area (Å²) in [5.41, 5.74) is -0.881. The van der Waals surface area contributed by atoms with Crippen LogP contribution in [0.1, 0.15) is 22.3 Å². The zero-order valence-electron chi connectivity index (χ0n) is 15.5. The molecule has 0 radical (unpaired) electrons. The number of halogens is 3. The molecule has 0 fully saturated rings. The second-order valence-electron chi connectivity index (χ2n) is 6.34. The Hall–Kier alpha value is -2.82. The van der Waals surface area contributed by atoms with Crippen LogP contribution in [0.5, 0.6) is 5.75 Å². The maximum Gasteiger partial charge on any atom is 0.416 e. The van der Waals surface area contributed by atoms with Crippen LogP contribution in [-0.2, 0) is 15.8 Å². The van der Waals surface area contributed by atoms with Crippen molar-refractivity contribution in [3.63, 3.8) is 0 Å². The number of carbonyl (C=O) groups is 3. The minimum absolute atomic E-state index is 0.0373. The number of likely N-dealkylation sites (N-methyl/N-ethyl adjacent to an activating group) is 1. The first kappa shape index (κ1) is 23.2. The third-order valence-electron chi connectivity index (χ3n) is 3.74. The Morgan fingerprint density at radius 2 is 1.82 bits per heavy atom. The van der Waals surface area contributed by atoms with E-state index in [9.17, 15) is 18.0 Å². The maximum absolute atomic E-state index is 12.8. The van der Waals surface area contributed by atoms with Crippen molar-refractivity contribution in [1.82, 2.24) is 9.80 Å². The molecule has 1 aromatic carbocycles. The van der Waals surface area contributed by atoms with Crippen LogP contribution >= 0.6 is 0 Å². The van der Waals surface area contributed by atoms with E-state index in [1.54, 1.807) is 7.05 Å². The second kappa shape index (κ2) is 9.40. The molecule has 28 heavy (non-hydrogen) atoms. The lowest BCUT2D eigenvalue weighted by atomic mass is 10.1. The Bertz CT molecular complexity index is 724. The van der Waals surface area contributed by atoms with E-state index in [1.807, 2.05) is 19.0 Å². The van der Waals surface area contributed by atoms with Gasteiger partial charge >= 0.3 is 18.1 Å². The van der Waals surface area contributed by atoms with Crippen molar-refractivity contribution >= 4 is 17.8 Å². The fourth-order valence-corrected chi connectivity index (χ4v) is 2.34. The first-order valence-electron chi connectivity index (χ1n) is 8.07. The lowest BCUT2D eigenvalue weighted by Gasteiger charge is -2.22. The maximum atomic E-state index is 12.8. The Morgan fingerprint density at radius 3 is 2.29 bits per heavy atom. The first-order valence-corrected chi connectivity index (χ1v) is 8.07. The highest BCUT2D eigenvalue weighted by molar-refractivity contribution is 6.27. The normalized spacial score (nSPS) is 16.5. The Morgan fingerprint density at radius 1 is 1.25 bits per heavy atom. The molecule has 1 aliphatic heterocycles. The number of ether oxygens (including phenoxy) is 1. The smallest absolute Gasteiger partial charge is 0.416 e. The molecule has 1 aromatic rings. The topological polar surface area (TPSA) is 107 Å². The van der Waals surface area contributed by atoms with E-state index in [0.717, 1.165) is 18.7 Å². The number of fused-ring (bicyclic) bond motifs is 1. The Balaban J connectivity index is 0.000000568. The monoisotopic (exact) mass is 406 g/mol. The van der Waals surface area contributed by atoms with Gasteiger partial charge in [0.15, 0.2) is 0 Å². The molecular formula is C17H21F3N2O6. The summed E-state index contributed by atoms with van der Waals surface area (Å²) in [7, 11) is 5.42. The number of nitrogens with zero attached hydrogens (tertiary/aromatic N) is 2. The standard InChI is InChI=1S/C15H19F3N2O2.C2H2O4/c1-19(2)7-6-11-9-20(3)14(21)12-8-10(15(16,17)18)4-5-13(12)22-11;3-1(4)2(5)6/h4-5,8,11H,6-7,9H2,1-3H3;(H,3,4)(H,5,6). The largest absolute Gasteiger partial charge is 0.488 e. The van der Waals surface area contributed by atoms with E-state index in [2.05, 4.69) is 0 Å². The number of carboxylic acid groups (broad SMARTS) is 2. The molecule has 1 amide bonds. The van der Waals surface area contributed by atoms with Gasteiger partial charge in [-0.1, -0.05) is 0 Å². The van der Waals surface area contributed by atoms with Crippen molar-refractivity contribution in [2.24, 2.45) is 0 Å². The summed E-state index contributed by atoms with van der Waals surface area (Å²) in [6, 6.07) is 3.04. The molecule has 0 saturated heterocycles.